The van der Waals surface area contributed by atoms with Crippen molar-refractivity contribution in [3.63, 3.8) is 0 Å². The first-order chi connectivity index (χ1) is 8.56. The van der Waals surface area contributed by atoms with Crippen LogP contribution in [0.4, 0.5) is 4.39 Å². The fourth-order valence-corrected chi connectivity index (χ4v) is 3.31. The van der Waals surface area contributed by atoms with Crippen molar-refractivity contribution in [1.82, 2.24) is 0 Å². The van der Waals surface area contributed by atoms with Gasteiger partial charge in [0, 0.05) is 5.33 Å². The SMILES string of the molecule is CCCCC(CC)(CBr)Cc1ccc(F)c(Cl)c1. The molecule has 0 saturated heterocycles. The summed E-state index contributed by atoms with van der Waals surface area (Å²) in [7, 11) is 0. The van der Waals surface area contributed by atoms with E-state index in [4.69, 9.17) is 11.6 Å². The summed E-state index contributed by atoms with van der Waals surface area (Å²) in [5.74, 6) is -0.338. The molecule has 1 aromatic carbocycles. The summed E-state index contributed by atoms with van der Waals surface area (Å²) in [6, 6.07) is 5.07. The average molecular weight is 336 g/mol. The van der Waals surface area contributed by atoms with Gasteiger partial charge in [-0.05, 0) is 42.4 Å². The summed E-state index contributed by atoms with van der Waals surface area (Å²) in [6.07, 6.45) is 5.70. The van der Waals surface area contributed by atoms with Crippen LogP contribution < -0.4 is 0 Å². The molecule has 0 radical (unpaired) electrons. The van der Waals surface area contributed by atoms with Gasteiger partial charge in [-0.3, -0.25) is 0 Å². The van der Waals surface area contributed by atoms with E-state index in [2.05, 4.69) is 29.8 Å². The molecule has 1 unspecified atom stereocenters. The summed E-state index contributed by atoms with van der Waals surface area (Å²) >= 11 is 9.49. The largest absolute Gasteiger partial charge is 0.205 e. The van der Waals surface area contributed by atoms with Gasteiger partial charge in [-0.25, -0.2) is 4.39 Å². The highest BCUT2D eigenvalue weighted by Crippen LogP contribution is 2.35. The number of hydrogen-bond acceptors (Lipinski definition) is 0. The van der Waals surface area contributed by atoms with Crippen LogP contribution in [0.2, 0.25) is 5.02 Å². The van der Waals surface area contributed by atoms with Gasteiger partial charge in [0.15, 0.2) is 0 Å². The molecule has 3 heteroatoms. The second-order valence-corrected chi connectivity index (χ2v) is 5.98. The molecule has 0 aromatic heterocycles. The Morgan fingerprint density at radius 1 is 1.33 bits per heavy atom. The maximum absolute atomic E-state index is 13.2. The van der Waals surface area contributed by atoms with Crippen LogP contribution in [0.3, 0.4) is 0 Å². The lowest BCUT2D eigenvalue weighted by molar-refractivity contribution is 0.284. The summed E-state index contributed by atoms with van der Waals surface area (Å²) < 4.78 is 13.2. The van der Waals surface area contributed by atoms with Crippen molar-refractivity contribution in [3.8, 4) is 0 Å². The molecule has 0 aliphatic carbocycles. The van der Waals surface area contributed by atoms with Gasteiger partial charge in [0.2, 0.25) is 0 Å². The highest BCUT2D eigenvalue weighted by molar-refractivity contribution is 9.09. The Labute approximate surface area is 123 Å². The van der Waals surface area contributed by atoms with E-state index in [0.717, 1.165) is 23.7 Å². The minimum atomic E-state index is -0.338. The Morgan fingerprint density at radius 2 is 2.06 bits per heavy atom. The zero-order valence-corrected chi connectivity index (χ0v) is 13.5. The molecule has 0 spiro atoms. The molecule has 102 valence electrons. The predicted octanol–water partition coefficient (Wildman–Crippen LogP) is 6.00. The number of rotatable bonds is 7. The standard InChI is InChI=1S/C15H21BrClF/c1-3-5-8-15(4-2,11-16)10-12-6-7-14(18)13(17)9-12/h6-7,9H,3-5,8,10-11H2,1-2H3. The molecule has 1 rings (SSSR count). The van der Waals surface area contributed by atoms with Crippen LogP contribution in [0.25, 0.3) is 0 Å². The highest BCUT2D eigenvalue weighted by Gasteiger charge is 2.26. The van der Waals surface area contributed by atoms with Crippen molar-refractivity contribution < 1.29 is 4.39 Å². The van der Waals surface area contributed by atoms with Gasteiger partial charge in [0.25, 0.3) is 0 Å². The van der Waals surface area contributed by atoms with Crippen molar-refractivity contribution in [3.05, 3.63) is 34.6 Å². The van der Waals surface area contributed by atoms with E-state index < -0.39 is 0 Å². The number of benzene rings is 1. The van der Waals surface area contributed by atoms with E-state index in [1.165, 1.54) is 25.3 Å². The van der Waals surface area contributed by atoms with Crippen molar-refractivity contribution in [1.29, 1.82) is 0 Å². The minimum Gasteiger partial charge on any atom is -0.205 e. The predicted molar refractivity (Wildman–Crippen MR) is 81.2 cm³/mol. The van der Waals surface area contributed by atoms with Gasteiger partial charge in [0.1, 0.15) is 5.82 Å². The molecule has 1 atom stereocenters. The third kappa shape index (κ3) is 4.24. The normalized spacial score (nSPS) is 14.5. The van der Waals surface area contributed by atoms with E-state index in [1.54, 1.807) is 6.07 Å². The van der Waals surface area contributed by atoms with E-state index in [1.807, 2.05) is 6.07 Å². The summed E-state index contributed by atoms with van der Waals surface area (Å²) in [4.78, 5) is 0. The van der Waals surface area contributed by atoms with Gasteiger partial charge in [-0.1, -0.05) is 60.3 Å². The van der Waals surface area contributed by atoms with Crippen LogP contribution in [0.15, 0.2) is 18.2 Å². The van der Waals surface area contributed by atoms with E-state index >= 15 is 0 Å². The molecule has 0 aliphatic rings. The van der Waals surface area contributed by atoms with Gasteiger partial charge >= 0.3 is 0 Å². The average Bonchev–Trinajstić information content (AvgIpc) is 2.39. The van der Waals surface area contributed by atoms with Crippen LogP contribution in [-0.4, -0.2) is 5.33 Å². The molecular formula is C15H21BrClF. The zero-order valence-electron chi connectivity index (χ0n) is 11.1. The summed E-state index contributed by atoms with van der Waals surface area (Å²) in [6.45, 7) is 4.44. The molecule has 0 fully saturated rings. The Bertz CT molecular complexity index is 375. The van der Waals surface area contributed by atoms with Crippen LogP contribution in [0.5, 0.6) is 0 Å². The molecule has 0 heterocycles. The smallest absolute Gasteiger partial charge is 0.141 e. The number of halogens is 3. The molecule has 0 amide bonds. The monoisotopic (exact) mass is 334 g/mol. The van der Waals surface area contributed by atoms with Gasteiger partial charge in [0.05, 0.1) is 5.02 Å². The Kier molecular flexibility index (Phi) is 6.65. The second-order valence-electron chi connectivity index (χ2n) is 5.02. The van der Waals surface area contributed by atoms with Crippen molar-refractivity contribution in [2.75, 3.05) is 5.33 Å². The summed E-state index contributed by atoms with van der Waals surface area (Å²) in [5.41, 5.74) is 1.38. The van der Waals surface area contributed by atoms with E-state index in [0.29, 0.717) is 0 Å². The third-order valence-electron chi connectivity index (χ3n) is 3.66. The molecule has 0 aliphatic heterocycles. The van der Waals surface area contributed by atoms with Crippen LogP contribution in [0, 0.1) is 11.2 Å². The lowest BCUT2D eigenvalue weighted by Gasteiger charge is -2.31. The number of hydrogen-bond donors (Lipinski definition) is 0. The highest BCUT2D eigenvalue weighted by atomic mass is 79.9. The third-order valence-corrected chi connectivity index (χ3v) is 5.14. The Morgan fingerprint density at radius 3 is 2.56 bits per heavy atom. The first-order valence-electron chi connectivity index (χ1n) is 6.57. The zero-order chi connectivity index (χ0) is 13.6. The topological polar surface area (TPSA) is 0 Å². The van der Waals surface area contributed by atoms with Crippen LogP contribution >= 0.6 is 27.5 Å². The molecule has 0 nitrogen and oxygen atoms in total. The van der Waals surface area contributed by atoms with E-state index in [-0.39, 0.29) is 16.3 Å². The maximum atomic E-state index is 13.2. The first-order valence-corrected chi connectivity index (χ1v) is 8.06. The van der Waals surface area contributed by atoms with Crippen LogP contribution in [-0.2, 0) is 6.42 Å². The molecular weight excluding hydrogens is 315 g/mol. The number of alkyl halides is 1. The Balaban J connectivity index is 2.84. The number of unbranched alkanes of at least 4 members (excludes halogenated alkanes) is 1. The first kappa shape index (κ1) is 16.0. The van der Waals surface area contributed by atoms with E-state index in [9.17, 15) is 4.39 Å². The lowest BCUT2D eigenvalue weighted by atomic mass is 9.77. The van der Waals surface area contributed by atoms with Gasteiger partial charge in [-0.15, -0.1) is 0 Å². The minimum absolute atomic E-state index is 0.225. The second kappa shape index (κ2) is 7.49. The molecule has 18 heavy (non-hydrogen) atoms. The maximum Gasteiger partial charge on any atom is 0.141 e. The van der Waals surface area contributed by atoms with Crippen molar-refractivity contribution in [2.45, 2.75) is 46.0 Å². The molecule has 1 aromatic rings. The molecule has 0 N–H and O–H groups in total. The van der Waals surface area contributed by atoms with Crippen LogP contribution in [0.1, 0.15) is 45.1 Å². The fraction of sp³-hybridized carbons (Fsp3) is 0.600. The fourth-order valence-electron chi connectivity index (χ4n) is 2.23. The molecule has 0 bridgehead atoms. The van der Waals surface area contributed by atoms with Gasteiger partial charge < -0.3 is 0 Å². The molecule has 0 saturated carbocycles. The van der Waals surface area contributed by atoms with Crippen molar-refractivity contribution in [2.24, 2.45) is 5.41 Å². The van der Waals surface area contributed by atoms with Crippen molar-refractivity contribution >= 4 is 27.5 Å². The lowest BCUT2D eigenvalue weighted by Crippen LogP contribution is -2.25. The quantitative estimate of drug-likeness (QED) is 0.536. The summed E-state index contributed by atoms with van der Waals surface area (Å²) in [5, 5.41) is 1.20. The van der Waals surface area contributed by atoms with Gasteiger partial charge in [-0.2, -0.15) is 0 Å². The Hall–Kier alpha value is -0.0800.